The minimum atomic E-state index is -0.440. The molecule has 160 valence electrons. The molecule has 0 unspecified atom stereocenters. The number of Topliss-reactive ketones (excluding diaryl/α,β-unsaturated/α-hetero) is 1. The van der Waals surface area contributed by atoms with Gasteiger partial charge < -0.3 is 9.30 Å². The zero-order valence-corrected chi connectivity index (χ0v) is 18.2. The number of allylic oxidation sites excluding steroid dienone is 1. The Kier molecular flexibility index (Phi) is 6.03. The predicted molar refractivity (Wildman–Crippen MR) is 122 cm³/mol. The first-order chi connectivity index (χ1) is 15.0. The van der Waals surface area contributed by atoms with Gasteiger partial charge in [0.2, 0.25) is 5.78 Å². The van der Waals surface area contributed by atoms with Crippen molar-refractivity contribution < 1.29 is 14.3 Å². The van der Waals surface area contributed by atoms with Gasteiger partial charge in [-0.1, -0.05) is 30.7 Å². The lowest BCUT2D eigenvalue weighted by atomic mass is 9.97. The number of fused-ring (bicyclic) bond motifs is 2. The smallest absolute Gasteiger partial charge is 0.339 e. The molecular weight excluding hydrogens is 388 g/mol. The Labute approximate surface area is 182 Å². The van der Waals surface area contributed by atoms with Gasteiger partial charge in [-0.25, -0.2) is 4.79 Å². The third-order valence-corrected chi connectivity index (χ3v) is 6.14. The molecule has 1 aromatic carbocycles. The van der Waals surface area contributed by atoms with Crippen LogP contribution >= 0.6 is 0 Å². The van der Waals surface area contributed by atoms with E-state index in [2.05, 4.69) is 6.58 Å². The van der Waals surface area contributed by atoms with Crippen molar-refractivity contribution in [3.8, 4) is 0 Å². The molecule has 3 aromatic rings. The van der Waals surface area contributed by atoms with Crippen molar-refractivity contribution in [1.82, 2.24) is 9.55 Å². The first-order valence-corrected chi connectivity index (χ1v) is 10.9. The van der Waals surface area contributed by atoms with Gasteiger partial charge in [0.1, 0.15) is 0 Å². The third-order valence-electron chi connectivity index (χ3n) is 6.14. The van der Waals surface area contributed by atoms with Crippen LogP contribution in [-0.4, -0.2) is 27.9 Å². The summed E-state index contributed by atoms with van der Waals surface area (Å²) in [5, 5.41) is 0.796. The zero-order chi connectivity index (χ0) is 22.0. The van der Waals surface area contributed by atoms with Crippen molar-refractivity contribution in [1.29, 1.82) is 0 Å². The Hall–Kier alpha value is -3.21. The number of esters is 1. The molecule has 0 spiro atoms. The average molecular weight is 417 g/mol. The fourth-order valence-corrected chi connectivity index (χ4v) is 4.56. The van der Waals surface area contributed by atoms with Crippen LogP contribution in [0.15, 0.2) is 43.0 Å². The van der Waals surface area contributed by atoms with Gasteiger partial charge >= 0.3 is 5.97 Å². The first kappa shape index (κ1) is 21.0. The average Bonchev–Trinajstić information content (AvgIpc) is 2.93. The third kappa shape index (κ3) is 4.05. The molecule has 5 nitrogen and oxygen atoms in total. The van der Waals surface area contributed by atoms with Gasteiger partial charge in [-0.05, 0) is 57.2 Å². The number of hydrogen-bond acceptors (Lipinski definition) is 4. The summed E-state index contributed by atoms with van der Waals surface area (Å²) in [5.74, 6) is -0.633. The molecule has 2 heterocycles. The van der Waals surface area contributed by atoms with E-state index < -0.39 is 5.97 Å². The van der Waals surface area contributed by atoms with E-state index in [4.69, 9.17) is 9.72 Å². The summed E-state index contributed by atoms with van der Waals surface area (Å²) < 4.78 is 7.60. The molecule has 0 aliphatic heterocycles. The lowest BCUT2D eigenvalue weighted by Crippen LogP contribution is -2.17. The second-order valence-corrected chi connectivity index (χ2v) is 8.17. The number of nitrogens with zero attached hydrogens (tertiary/aromatic N) is 2. The molecule has 2 aromatic heterocycles. The number of ether oxygens (including phenoxy) is 1. The highest BCUT2D eigenvalue weighted by atomic mass is 16.5. The van der Waals surface area contributed by atoms with Gasteiger partial charge in [-0.3, -0.25) is 9.78 Å². The van der Waals surface area contributed by atoms with Crippen LogP contribution in [0, 0.1) is 13.8 Å². The summed E-state index contributed by atoms with van der Waals surface area (Å²) in [6.07, 6.45) is 6.71. The fourth-order valence-electron chi connectivity index (χ4n) is 4.56. The van der Waals surface area contributed by atoms with Gasteiger partial charge in [0, 0.05) is 34.6 Å². The summed E-state index contributed by atoms with van der Waals surface area (Å²) in [6, 6.07) is 9.52. The summed E-state index contributed by atoms with van der Waals surface area (Å²) in [7, 11) is 0. The van der Waals surface area contributed by atoms with E-state index in [9.17, 15) is 9.59 Å². The fraction of sp³-hybridized carbons (Fsp3) is 0.346. The maximum Gasteiger partial charge on any atom is 0.339 e. The number of carbonyl (C=O) groups excluding carboxylic acids is 2. The predicted octanol–water partition coefficient (Wildman–Crippen LogP) is 5.15. The molecule has 0 saturated carbocycles. The summed E-state index contributed by atoms with van der Waals surface area (Å²) in [6.45, 7) is 8.00. The van der Waals surface area contributed by atoms with Crippen LogP contribution in [0.25, 0.3) is 10.9 Å². The highest BCUT2D eigenvalue weighted by molar-refractivity contribution is 6.06. The van der Waals surface area contributed by atoms with E-state index in [0.717, 1.165) is 65.7 Å². The monoisotopic (exact) mass is 416 g/mol. The maximum atomic E-state index is 13.2. The van der Waals surface area contributed by atoms with E-state index >= 15 is 0 Å². The number of para-hydroxylation sites is 1. The normalized spacial score (nSPS) is 13.5. The first-order valence-electron chi connectivity index (χ1n) is 10.9. The molecule has 4 rings (SSSR count). The topological polar surface area (TPSA) is 61.2 Å². The number of hydrogen-bond donors (Lipinski definition) is 0. The molecule has 0 atom stereocenters. The number of ketones is 1. The highest BCUT2D eigenvalue weighted by Gasteiger charge is 2.24. The minimum Gasteiger partial charge on any atom is -0.454 e. The van der Waals surface area contributed by atoms with Crippen LogP contribution in [0.4, 0.5) is 0 Å². The molecule has 0 saturated heterocycles. The number of benzene rings is 1. The van der Waals surface area contributed by atoms with Gasteiger partial charge in [-0.15, -0.1) is 6.58 Å². The van der Waals surface area contributed by atoms with Crippen molar-refractivity contribution in [2.75, 3.05) is 6.61 Å². The molecule has 5 heteroatoms. The largest absolute Gasteiger partial charge is 0.454 e. The van der Waals surface area contributed by atoms with E-state index in [0.29, 0.717) is 17.7 Å². The molecular formula is C26H28N2O3. The second-order valence-electron chi connectivity index (χ2n) is 8.17. The van der Waals surface area contributed by atoms with Gasteiger partial charge in [0.05, 0.1) is 11.1 Å². The van der Waals surface area contributed by atoms with Crippen LogP contribution in [0.3, 0.4) is 0 Å². The van der Waals surface area contributed by atoms with Crippen LogP contribution in [-0.2, 0) is 24.1 Å². The molecule has 0 N–H and O–H groups in total. The summed E-state index contributed by atoms with van der Waals surface area (Å²) in [5.41, 5.74) is 5.78. The maximum absolute atomic E-state index is 13.2. The van der Waals surface area contributed by atoms with E-state index in [1.165, 1.54) is 0 Å². The summed E-state index contributed by atoms with van der Waals surface area (Å²) >= 11 is 0. The molecule has 1 aliphatic carbocycles. The summed E-state index contributed by atoms with van der Waals surface area (Å²) in [4.78, 5) is 30.9. The van der Waals surface area contributed by atoms with Crippen molar-refractivity contribution in [2.45, 2.75) is 52.5 Å². The van der Waals surface area contributed by atoms with Gasteiger partial charge in [-0.2, -0.15) is 0 Å². The number of aryl methyl sites for hydroxylation is 2. The lowest BCUT2D eigenvalue weighted by molar-refractivity contribution is 0.0475. The number of carbonyl (C=O) groups is 2. The lowest BCUT2D eigenvalue weighted by Gasteiger charge is -2.14. The molecule has 0 fully saturated rings. The van der Waals surface area contributed by atoms with Crippen molar-refractivity contribution in [3.63, 3.8) is 0 Å². The van der Waals surface area contributed by atoms with Crippen LogP contribution in [0.2, 0.25) is 0 Å². The number of pyridine rings is 1. The second kappa shape index (κ2) is 8.88. The quantitative estimate of drug-likeness (QED) is 0.241. The molecule has 0 radical (unpaired) electrons. The minimum absolute atomic E-state index is 0.193. The number of rotatable bonds is 6. The van der Waals surface area contributed by atoms with Crippen LogP contribution in [0.1, 0.15) is 62.6 Å². The van der Waals surface area contributed by atoms with Crippen molar-refractivity contribution in [2.24, 2.45) is 0 Å². The molecule has 0 amide bonds. The van der Waals surface area contributed by atoms with Crippen LogP contribution < -0.4 is 0 Å². The van der Waals surface area contributed by atoms with Gasteiger partial charge in [0.15, 0.2) is 6.61 Å². The van der Waals surface area contributed by atoms with Gasteiger partial charge in [0.25, 0.3) is 0 Å². The standard InChI is InChI=1S/C26H28N2O3/c1-4-14-28-17(2)15-21(18(28)3)24(29)16-31-26(30)25-19-10-6-5-7-12-22(19)27-23-13-9-8-11-20(23)25/h4,8-9,11,13,15H,1,5-7,10,12,14,16H2,2-3H3. The molecule has 31 heavy (non-hydrogen) atoms. The van der Waals surface area contributed by atoms with Crippen molar-refractivity contribution in [3.05, 3.63) is 76.8 Å². The Bertz CT molecular complexity index is 1170. The Morgan fingerprint density at radius 1 is 1.16 bits per heavy atom. The Morgan fingerprint density at radius 2 is 1.94 bits per heavy atom. The SMILES string of the molecule is C=CCn1c(C)cc(C(=O)COC(=O)c2c3c(nc4ccccc24)CCCCC3)c1C. The van der Waals surface area contributed by atoms with E-state index in [1.807, 2.05) is 48.7 Å². The molecule has 1 aliphatic rings. The van der Waals surface area contributed by atoms with E-state index in [1.54, 1.807) is 6.08 Å². The Balaban J connectivity index is 1.62. The zero-order valence-electron chi connectivity index (χ0n) is 18.2. The van der Waals surface area contributed by atoms with Crippen molar-refractivity contribution >= 4 is 22.7 Å². The Morgan fingerprint density at radius 3 is 2.74 bits per heavy atom. The van der Waals surface area contributed by atoms with Crippen LogP contribution in [0.5, 0.6) is 0 Å². The number of aromatic nitrogens is 2. The highest BCUT2D eigenvalue weighted by Crippen LogP contribution is 2.29. The molecule has 0 bridgehead atoms. The van der Waals surface area contributed by atoms with E-state index in [-0.39, 0.29) is 12.4 Å².